The Kier molecular flexibility index (Phi) is 4.90. The fourth-order valence-corrected chi connectivity index (χ4v) is 5.33. The number of H-pyrrole nitrogens is 1. The largest absolute Gasteiger partial charge is 0.339 e. The summed E-state index contributed by atoms with van der Waals surface area (Å²) in [6, 6.07) is 12.1. The van der Waals surface area contributed by atoms with E-state index in [0.717, 1.165) is 53.5 Å². The summed E-state index contributed by atoms with van der Waals surface area (Å²) >= 11 is 0. The molecule has 1 N–H and O–H groups in total. The first-order chi connectivity index (χ1) is 16.5. The molecule has 2 aromatic carbocycles. The van der Waals surface area contributed by atoms with Gasteiger partial charge in [-0.25, -0.2) is 4.79 Å². The fraction of sp³-hybridized carbons (Fsp3) is 0.385. The number of carbonyl (C=O) groups excluding carboxylic acids is 1. The van der Waals surface area contributed by atoms with Gasteiger partial charge in [0.05, 0.1) is 17.0 Å². The van der Waals surface area contributed by atoms with Crippen LogP contribution in [0.1, 0.15) is 61.1 Å². The molecule has 2 aliphatic rings. The second-order valence-corrected chi connectivity index (χ2v) is 9.60. The second kappa shape index (κ2) is 7.97. The minimum atomic E-state index is -0.151. The predicted molar refractivity (Wildman–Crippen MR) is 129 cm³/mol. The Hall–Kier alpha value is -3.68. The van der Waals surface area contributed by atoms with Crippen molar-refractivity contribution in [2.75, 3.05) is 11.4 Å². The SMILES string of the molecule is Cc1ccc(N2C[C@@H](c3nc(-c4ccc5c(c4)[nH]c(=O)n5C4CCCC4)no3)CC2=O)cc1C. The van der Waals surface area contributed by atoms with Crippen molar-refractivity contribution in [3.05, 3.63) is 63.9 Å². The molecule has 1 saturated carbocycles. The summed E-state index contributed by atoms with van der Waals surface area (Å²) in [5.74, 6) is 0.831. The number of aryl methyl sites for hydroxylation is 2. The van der Waals surface area contributed by atoms with Crippen molar-refractivity contribution in [3.8, 4) is 11.4 Å². The first kappa shape index (κ1) is 20.9. The van der Waals surface area contributed by atoms with E-state index in [4.69, 9.17) is 4.52 Å². The number of hydrogen-bond acceptors (Lipinski definition) is 5. The number of carbonyl (C=O) groups is 1. The van der Waals surface area contributed by atoms with Crippen molar-refractivity contribution in [1.29, 1.82) is 0 Å². The van der Waals surface area contributed by atoms with Gasteiger partial charge in [0.25, 0.3) is 0 Å². The van der Waals surface area contributed by atoms with Crippen LogP contribution in [0.3, 0.4) is 0 Å². The second-order valence-electron chi connectivity index (χ2n) is 9.60. The van der Waals surface area contributed by atoms with Gasteiger partial charge in [-0.05, 0) is 68.1 Å². The minimum Gasteiger partial charge on any atom is -0.339 e. The molecule has 8 heteroatoms. The first-order valence-electron chi connectivity index (χ1n) is 11.9. The monoisotopic (exact) mass is 457 g/mol. The molecule has 0 spiro atoms. The summed E-state index contributed by atoms with van der Waals surface area (Å²) in [7, 11) is 0. The summed E-state index contributed by atoms with van der Waals surface area (Å²) in [5.41, 5.74) is 5.65. The average molecular weight is 458 g/mol. The van der Waals surface area contributed by atoms with Gasteiger partial charge in [-0.2, -0.15) is 4.98 Å². The number of nitrogens with one attached hydrogen (secondary N) is 1. The summed E-state index contributed by atoms with van der Waals surface area (Å²) < 4.78 is 7.47. The number of benzene rings is 2. The number of rotatable bonds is 4. The Balaban J connectivity index is 1.25. The van der Waals surface area contributed by atoms with Gasteiger partial charge in [-0.1, -0.05) is 24.1 Å². The molecule has 1 saturated heterocycles. The van der Waals surface area contributed by atoms with Crippen molar-refractivity contribution in [3.63, 3.8) is 0 Å². The van der Waals surface area contributed by atoms with Crippen molar-refractivity contribution in [1.82, 2.24) is 19.7 Å². The molecule has 3 heterocycles. The number of aromatic amines is 1. The average Bonchev–Trinajstić information content (AvgIpc) is 3.60. The number of anilines is 1. The normalized spacial score (nSPS) is 19.1. The smallest absolute Gasteiger partial charge is 0.326 e. The molecule has 4 aromatic rings. The predicted octanol–water partition coefficient (Wildman–Crippen LogP) is 4.63. The molecule has 1 atom stereocenters. The van der Waals surface area contributed by atoms with Gasteiger partial charge < -0.3 is 14.4 Å². The van der Waals surface area contributed by atoms with E-state index in [1.54, 1.807) is 4.90 Å². The molecule has 1 amide bonds. The lowest BCUT2D eigenvalue weighted by atomic mass is 10.1. The topological polar surface area (TPSA) is 97.0 Å². The van der Waals surface area contributed by atoms with Gasteiger partial charge in [0.2, 0.25) is 17.6 Å². The van der Waals surface area contributed by atoms with Crippen LogP contribution in [0, 0.1) is 13.8 Å². The number of nitrogens with zero attached hydrogens (tertiary/aromatic N) is 4. The molecule has 6 rings (SSSR count). The first-order valence-corrected chi connectivity index (χ1v) is 11.9. The van der Waals surface area contributed by atoms with Gasteiger partial charge >= 0.3 is 5.69 Å². The molecule has 2 fully saturated rings. The van der Waals surface area contributed by atoms with Crippen LogP contribution in [0.4, 0.5) is 5.69 Å². The van der Waals surface area contributed by atoms with Gasteiger partial charge in [0.15, 0.2) is 0 Å². The maximum absolute atomic E-state index is 12.7. The van der Waals surface area contributed by atoms with Crippen molar-refractivity contribution in [2.24, 2.45) is 0 Å². The van der Waals surface area contributed by atoms with E-state index >= 15 is 0 Å². The molecular formula is C26H27N5O3. The number of aromatic nitrogens is 4. The van der Waals surface area contributed by atoms with Gasteiger partial charge in [0.1, 0.15) is 0 Å². The highest BCUT2D eigenvalue weighted by atomic mass is 16.5. The van der Waals surface area contributed by atoms with Crippen LogP contribution >= 0.6 is 0 Å². The molecule has 0 radical (unpaired) electrons. The van der Waals surface area contributed by atoms with Gasteiger partial charge in [-0.3, -0.25) is 9.36 Å². The number of imidazole rings is 1. The highest BCUT2D eigenvalue weighted by Crippen LogP contribution is 2.34. The Labute approximate surface area is 196 Å². The lowest BCUT2D eigenvalue weighted by Gasteiger charge is -2.17. The molecule has 0 bridgehead atoms. The van der Waals surface area contributed by atoms with Crippen LogP contribution in [0.2, 0.25) is 0 Å². The maximum atomic E-state index is 12.7. The van der Waals surface area contributed by atoms with Crippen LogP contribution in [-0.2, 0) is 4.79 Å². The van der Waals surface area contributed by atoms with E-state index in [9.17, 15) is 9.59 Å². The van der Waals surface area contributed by atoms with Crippen molar-refractivity contribution in [2.45, 2.75) is 57.9 Å². The van der Waals surface area contributed by atoms with Crippen molar-refractivity contribution >= 4 is 22.6 Å². The minimum absolute atomic E-state index is 0.0558. The summed E-state index contributed by atoms with van der Waals surface area (Å²) in [4.78, 5) is 34.7. The van der Waals surface area contributed by atoms with Crippen LogP contribution in [0.5, 0.6) is 0 Å². The Morgan fingerprint density at radius 1 is 1.03 bits per heavy atom. The van der Waals surface area contributed by atoms with E-state index in [2.05, 4.69) is 22.0 Å². The summed E-state index contributed by atoms with van der Waals surface area (Å²) in [6.45, 7) is 4.62. The third-order valence-corrected chi connectivity index (χ3v) is 7.38. The third kappa shape index (κ3) is 3.45. The number of amides is 1. The van der Waals surface area contributed by atoms with E-state index in [-0.39, 0.29) is 23.6 Å². The Morgan fingerprint density at radius 3 is 2.65 bits per heavy atom. The fourth-order valence-electron chi connectivity index (χ4n) is 5.33. The molecular weight excluding hydrogens is 430 g/mol. The van der Waals surface area contributed by atoms with E-state index < -0.39 is 0 Å². The quantitative estimate of drug-likeness (QED) is 0.482. The zero-order valence-corrected chi connectivity index (χ0v) is 19.4. The zero-order valence-electron chi connectivity index (χ0n) is 19.4. The summed E-state index contributed by atoms with van der Waals surface area (Å²) in [6.07, 6.45) is 4.76. The third-order valence-electron chi connectivity index (χ3n) is 7.38. The zero-order chi connectivity index (χ0) is 23.4. The molecule has 34 heavy (non-hydrogen) atoms. The molecule has 2 aromatic heterocycles. The number of hydrogen-bond donors (Lipinski definition) is 1. The molecule has 8 nitrogen and oxygen atoms in total. The van der Waals surface area contributed by atoms with Gasteiger partial charge in [0, 0.05) is 30.3 Å². The molecule has 1 aliphatic heterocycles. The summed E-state index contributed by atoms with van der Waals surface area (Å²) in [5, 5.41) is 4.18. The van der Waals surface area contributed by atoms with Crippen LogP contribution < -0.4 is 10.6 Å². The molecule has 1 aliphatic carbocycles. The van der Waals surface area contributed by atoms with Crippen LogP contribution in [0.25, 0.3) is 22.4 Å². The lowest BCUT2D eigenvalue weighted by molar-refractivity contribution is -0.117. The number of fused-ring (bicyclic) bond motifs is 1. The van der Waals surface area contributed by atoms with Crippen LogP contribution in [0.15, 0.2) is 45.7 Å². The standard InChI is InChI=1S/C26H27N5O3/c1-15-7-9-20(11-16(15)2)30-14-18(13-23(30)32)25-28-24(29-34-25)17-8-10-22-21(12-17)27-26(33)31(22)19-5-3-4-6-19/h7-12,18-19H,3-6,13-14H2,1-2H3,(H,27,33)/t18-/m0/s1. The maximum Gasteiger partial charge on any atom is 0.326 e. The Morgan fingerprint density at radius 2 is 1.85 bits per heavy atom. The molecule has 0 unspecified atom stereocenters. The highest BCUT2D eigenvalue weighted by molar-refractivity contribution is 5.96. The molecule has 174 valence electrons. The van der Waals surface area contributed by atoms with Crippen molar-refractivity contribution < 1.29 is 9.32 Å². The highest BCUT2D eigenvalue weighted by Gasteiger charge is 2.35. The Bertz CT molecular complexity index is 1460. The van der Waals surface area contributed by atoms with E-state index in [0.29, 0.717) is 24.7 Å². The van der Waals surface area contributed by atoms with Gasteiger partial charge in [-0.15, -0.1) is 0 Å². The van der Waals surface area contributed by atoms with Crippen LogP contribution in [-0.4, -0.2) is 32.1 Å². The lowest BCUT2D eigenvalue weighted by Crippen LogP contribution is -2.24. The van der Waals surface area contributed by atoms with E-state index in [1.165, 1.54) is 5.56 Å². The van der Waals surface area contributed by atoms with E-state index in [1.807, 2.05) is 47.9 Å².